The zero-order valence-corrected chi connectivity index (χ0v) is 12.8. The first-order chi connectivity index (χ1) is 8.63. The van der Waals surface area contributed by atoms with Gasteiger partial charge in [0.1, 0.15) is 0 Å². The third-order valence-electron chi connectivity index (χ3n) is 2.70. The van der Waals surface area contributed by atoms with Crippen LogP contribution >= 0.6 is 11.8 Å². The Balaban J connectivity index is 2.56. The summed E-state index contributed by atoms with van der Waals surface area (Å²) in [5.41, 5.74) is 2.75. The summed E-state index contributed by atoms with van der Waals surface area (Å²) in [6, 6.07) is 9.07. The second-order valence-corrected chi connectivity index (χ2v) is 5.94. The van der Waals surface area contributed by atoms with Crippen LogP contribution in [0.2, 0.25) is 0 Å². The third-order valence-corrected chi connectivity index (χ3v) is 4.00. The standard InChI is InChI=1S/C16H25NS/c1-5-10-17-15(11-13(2)3)12-18-16-9-7-6-8-14(16)4/h6-9,11,15,17H,5,10,12H2,1-4H3. The van der Waals surface area contributed by atoms with Crippen LogP contribution < -0.4 is 5.32 Å². The van der Waals surface area contributed by atoms with E-state index in [2.05, 4.69) is 63.4 Å². The Kier molecular flexibility index (Phi) is 7.14. The summed E-state index contributed by atoms with van der Waals surface area (Å²) in [7, 11) is 0. The van der Waals surface area contributed by atoms with Crippen LogP contribution in [0.3, 0.4) is 0 Å². The van der Waals surface area contributed by atoms with Gasteiger partial charge in [-0.2, -0.15) is 0 Å². The summed E-state index contributed by atoms with van der Waals surface area (Å²) in [6.07, 6.45) is 3.52. The molecule has 1 atom stereocenters. The van der Waals surface area contributed by atoms with Crippen LogP contribution in [0.25, 0.3) is 0 Å². The van der Waals surface area contributed by atoms with E-state index in [4.69, 9.17) is 0 Å². The maximum absolute atomic E-state index is 3.59. The van der Waals surface area contributed by atoms with Crippen molar-refractivity contribution in [1.82, 2.24) is 5.32 Å². The topological polar surface area (TPSA) is 12.0 Å². The smallest absolute Gasteiger partial charge is 0.0347 e. The minimum Gasteiger partial charge on any atom is -0.310 e. The Labute approximate surface area is 116 Å². The predicted molar refractivity (Wildman–Crippen MR) is 83.4 cm³/mol. The first-order valence-corrected chi connectivity index (χ1v) is 7.69. The van der Waals surface area contributed by atoms with Gasteiger partial charge < -0.3 is 5.32 Å². The summed E-state index contributed by atoms with van der Waals surface area (Å²) >= 11 is 1.94. The van der Waals surface area contributed by atoms with Crippen LogP contribution in [0, 0.1) is 6.92 Å². The fourth-order valence-electron chi connectivity index (χ4n) is 1.80. The molecule has 0 radical (unpaired) electrons. The van der Waals surface area contributed by atoms with Crippen molar-refractivity contribution in [2.24, 2.45) is 0 Å². The molecule has 0 bridgehead atoms. The van der Waals surface area contributed by atoms with Crippen LogP contribution in [0.15, 0.2) is 40.8 Å². The molecule has 1 aromatic carbocycles. The highest BCUT2D eigenvalue weighted by Gasteiger charge is 2.06. The summed E-state index contributed by atoms with van der Waals surface area (Å²) in [5, 5.41) is 3.59. The molecule has 100 valence electrons. The van der Waals surface area contributed by atoms with Gasteiger partial charge in [0, 0.05) is 16.7 Å². The van der Waals surface area contributed by atoms with E-state index in [1.807, 2.05) is 11.8 Å². The Bertz CT molecular complexity index is 380. The molecule has 0 spiro atoms. The number of rotatable bonds is 7. The highest BCUT2D eigenvalue weighted by atomic mass is 32.2. The summed E-state index contributed by atoms with van der Waals surface area (Å²) < 4.78 is 0. The zero-order valence-electron chi connectivity index (χ0n) is 12.0. The van der Waals surface area contributed by atoms with Gasteiger partial charge in [0.25, 0.3) is 0 Å². The molecule has 1 rings (SSSR count). The fourth-order valence-corrected chi connectivity index (χ4v) is 2.84. The quantitative estimate of drug-likeness (QED) is 0.577. The van der Waals surface area contributed by atoms with Gasteiger partial charge in [0.2, 0.25) is 0 Å². The number of benzene rings is 1. The first kappa shape index (κ1) is 15.3. The second kappa shape index (κ2) is 8.39. The molecule has 0 aliphatic carbocycles. The summed E-state index contributed by atoms with van der Waals surface area (Å²) in [5.74, 6) is 1.09. The lowest BCUT2D eigenvalue weighted by molar-refractivity contribution is 0.627. The Hall–Kier alpha value is -0.730. The van der Waals surface area contributed by atoms with Crippen molar-refractivity contribution in [3.63, 3.8) is 0 Å². The summed E-state index contributed by atoms with van der Waals surface area (Å²) in [6.45, 7) is 9.81. The minimum absolute atomic E-state index is 0.472. The Morgan fingerprint density at radius 2 is 2.06 bits per heavy atom. The molecule has 0 heterocycles. The van der Waals surface area contributed by atoms with E-state index < -0.39 is 0 Å². The van der Waals surface area contributed by atoms with Crippen LogP contribution in [0.5, 0.6) is 0 Å². The number of nitrogens with one attached hydrogen (secondary N) is 1. The molecular formula is C16H25NS. The molecule has 1 unspecified atom stereocenters. The highest BCUT2D eigenvalue weighted by Crippen LogP contribution is 2.22. The van der Waals surface area contributed by atoms with Gasteiger partial charge in [-0.05, 0) is 45.4 Å². The molecule has 0 amide bonds. The number of aryl methyl sites for hydroxylation is 1. The molecule has 0 fully saturated rings. The maximum Gasteiger partial charge on any atom is 0.0347 e. The number of allylic oxidation sites excluding steroid dienone is 1. The number of hydrogen-bond acceptors (Lipinski definition) is 2. The monoisotopic (exact) mass is 263 g/mol. The second-order valence-electron chi connectivity index (χ2n) is 4.88. The van der Waals surface area contributed by atoms with E-state index in [0.29, 0.717) is 6.04 Å². The molecular weight excluding hydrogens is 238 g/mol. The van der Waals surface area contributed by atoms with Crippen LogP contribution in [-0.2, 0) is 0 Å². The van der Waals surface area contributed by atoms with Crippen LogP contribution in [0.4, 0.5) is 0 Å². The van der Waals surface area contributed by atoms with Crippen LogP contribution in [0.1, 0.15) is 32.8 Å². The van der Waals surface area contributed by atoms with Crippen molar-refractivity contribution in [2.45, 2.75) is 45.1 Å². The Morgan fingerprint density at radius 1 is 1.33 bits per heavy atom. The fraction of sp³-hybridized carbons (Fsp3) is 0.500. The molecule has 1 nitrogen and oxygen atoms in total. The van der Waals surface area contributed by atoms with Crippen molar-refractivity contribution >= 4 is 11.8 Å². The molecule has 1 N–H and O–H groups in total. The van der Waals surface area contributed by atoms with Gasteiger partial charge in [-0.1, -0.05) is 36.8 Å². The van der Waals surface area contributed by atoms with E-state index in [-0.39, 0.29) is 0 Å². The molecule has 2 heteroatoms. The van der Waals surface area contributed by atoms with Gasteiger partial charge in [-0.25, -0.2) is 0 Å². The third kappa shape index (κ3) is 5.74. The normalized spacial score (nSPS) is 12.2. The van der Waals surface area contributed by atoms with Crippen molar-refractivity contribution in [3.05, 3.63) is 41.5 Å². The van der Waals surface area contributed by atoms with Gasteiger partial charge in [-0.3, -0.25) is 0 Å². The van der Waals surface area contributed by atoms with Gasteiger partial charge in [0.15, 0.2) is 0 Å². The first-order valence-electron chi connectivity index (χ1n) is 6.70. The van der Waals surface area contributed by atoms with Crippen molar-refractivity contribution in [1.29, 1.82) is 0 Å². The largest absolute Gasteiger partial charge is 0.310 e. The van der Waals surface area contributed by atoms with Crippen LogP contribution in [-0.4, -0.2) is 18.3 Å². The molecule has 0 saturated carbocycles. The zero-order chi connectivity index (χ0) is 13.4. The highest BCUT2D eigenvalue weighted by molar-refractivity contribution is 7.99. The number of thioether (sulfide) groups is 1. The van der Waals surface area contributed by atoms with E-state index in [1.54, 1.807) is 0 Å². The van der Waals surface area contributed by atoms with E-state index in [1.165, 1.54) is 22.5 Å². The van der Waals surface area contributed by atoms with Crippen molar-refractivity contribution in [3.8, 4) is 0 Å². The van der Waals surface area contributed by atoms with Crippen molar-refractivity contribution in [2.75, 3.05) is 12.3 Å². The molecule has 0 aliphatic heterocycles. The molecule has 0 aromatic heterocycles. The molecule has 0 aliphatic rings. The van der Waals surface area contributed by atoms with E-state index in [9.17, 15) is 0 Å². The minimum atomic E-state index is 0.472. The molecule has 18 heavy (non-hydrogen) atoms. The SMILES string of the molecule is CCCNC(C=C(C)C)CSc1ccccc1C. The lowest BCUT2D eigenvalue weighted by atomic mass is 10.2. The average molecular weight is 263 g/mol. The molecule has 1 aromatic rings. The predicted octanol–water partition coefficient (Wildman–Crippen LogP) is 4.42. The van der Waals surface area contributed by atoms with E-state index in [0.717, 1.165) is 12.3 Å². The lowest BCUT2D eigenvalue weighted by Gasteiger charge is -2.15. The van der Waals surface area contributed by atoms with Gasteiger partial charge in [-0.15, -0.1) is 11.8 Å². The summed E-state index contributed by atoms with van der Waals surface area (Å²) in [4.78, 5) is 1.39. The number of hydrogen-bond donors (Lipinski definition) is 1. The van der Waals surface area contributed by atoms with Gasteiger partial charge in [0.05, 0.1) is 0 Å². The maximum atomic E-state index is 3.59. The van der Waals surface area contributed by atoms with E-state index >= 15 is 0 Å². The molecule has 0 saturated heterocycles. The lowest BCUT2D eigenvalue weighted by Crippen LogP contribution is -2.30. The Morgan fingerprint density at radius 3 is 2.67 bits per heavy atom. The van der Waals surface area contributed by atoms with Crippen molar-refractivity contribution < 1.29 is 0 Å². The van der Waals surface area contributed by atoms with Gasteiger partial charge >= 0.3 is 0 Å². The average Bonchev–Trinajstić information content (AvgIpc) is 2.34.